The molecule has 1 aliphatic heterocycles. The number of carbonyl (C=O) groups excluding carboxylic acids is 1. The van der Waals surface area contributed by atoms with Crippen LogP contribution in [0, 0.1) is 6.92 Å². The van der Waals surface area contributed by atoms with Gasteiger partial charge in [-0.3, -0.25) is 9.69 Å². The average Bonchev–Trinajstić information content (AvgIpc) is 3.15. The highest BCUT2D eigenvalue weighted by Crippen LogP contribution is 2.49. The summed E-state index contributed by atoms with van der Waals surface area (Å²) in [5.41, 5.74) is 3.78. The van der Waals surface area contributed by atoms with Crippen LogP contribution in [-0.2, 0) is 14.8 Å². The van der Waals surface area contributed by atoms with Crippen molar-refractivity contribution in [1.82, 2.24) is 0 Å². The van der Waals surface area contributed by atoms with Gasteiger partial charge in [0.2, 0.25) is 5.91 Å². The fourth-order valence-corrected chi connectivity index (χ4v) is 5.58. The molecule has 166 valence electrons. The summed E-state index contributed by atoms with van der Waals surface area (Å²) in [4.78, 5) is 16.9. The molecule has 0 aliphatic carbocycles. The van der Waals surface area contributed by atoms with Crippen LogP contribution >= 0.6 is 0 Å². The summed E-state index contributed by atoms with van der Waals surface area (Å²) in [5, 5.41) is 0. The normalized spacial score (nSPS) is 15.6. The van der Waals surface area contributed by atoms with E-state index in [1.807, 2.05) is 56.3 Å². The Morgan fingerprint density at radius 3 is 2.06 bits per heavy atom. The Kier molecular flexibility index (Phi) is 5.69. The number of amides is 1. The van der Waals surface area contributed by atoms with E-state index in [9.17, 15) is 13.2 Å². The second-order valence-electron chi connectivity index (χ2n) is 8.08. The molecule has 0 radical (unpaired) electrons. The Hall–Kier alpha value is -3.32. The molecule has 1 aliphatic rings. The van der Waals surface area contributed by atoms with E-state index in [-0.39, 0.29) is 17.2 Å². The van der Waals surface area contributed by atoms with Gasteiger partial charge >= 0.3 is 0 Å². The summed E-state index contributed by atoms with van der Waals surface area (Å²) >= 11 is 0. The number of rotatable bonds is 5. The van der Waals surface area contributed by atoms with Crippen molar-refractivity contribution in [2.75, 3.05) is 28.2 Å². The molecule has 1 atom stereocenters. The Morgan fingerprint density at radius 1 is 0.906 bits per heavy atom. The summed E-state index contributed by atoms with van der Waals surface area (Å²) in [6.45, 7) is 3.70. The molecule has 7 heteroatoms. The third-order valence-electron chi connectivity index (χ3n) is 5.70. The Balaban J connectivity index is 1.93. The second kappa shape index (κ2) is 8.31. The molecule has 4 rings (SSSR count). The first kappa shape index (κ1) is 21.9. The maximum absolute atomic E-state index is 13.9. The van der Waals surface area contributed by atoms with Crippen LogP contribution in [0.2, 0.25) is 0 Å². The van der Waals surface area contributed by atoms with Crippen LogP contribution in [0.25, 0.3) is 0 Å². The van der Waals surface area contributed by atoms with Crippen molar-refractivity contribution in [2.24, 2.45) is 0 Å². The SMILES string of the molecule is CCC(=O)N1c2ccccc2N(S(=O)(=O)c2ccc(C)cc2)C1c1ccc(N(C)C)cc1. The Labute approximate surface area is 189 Å². The fourth-order valence-electron chi connectivity index (χ4n) is 3.98. The lowest BCUT2D eigenvalue weighted by Crippen LogP contribution is -2.42. The standard InChI is InChI=1S/C25H27N3O3S/c1-5-24(29)27-22-8-6-7-9-23(22)28(32(30,31)21-16-10-18(2)11-17-21)25(27)19-12-14-20(15-13-19)26(3)4/h6-17,25H,5H2,1-4H3. The maximum Gasteiger partial charge on any atom is 0.266 e. The lowest BCUT2D eigenvalue weighted by molar-refractivity contribution is -0.118. The highest BCUT2D eigenvalue weighted by Gasteiger charge is 2.46. The van der Waals surface area contributed by atoms with Gasteiger partial charge in [0.25, 0.3) is 10.0 Å². The summed E-state index contributed by atoms with van der Waals surface area (Å²) in [6.07, 6.45) is -0.540. The van der Waals surface area contributed by atoms with Gasteiger partial charge in [0.05, 0.1) is 16.3 Å². The lowest BCUT2D eigenvalue weighted by atomic mass is 10.1. The minimum absolute atomic E-state index is 0.138. The van der Waals surface area contributed by atoms with Crippen molar-refractivity contribution in [3.05, 3.63) is 83.9 Å². The zero-order valence-corrected chi connectivity index (χ0v) is 19.5. The number of hydrogen-bond acceptors (Lipinski definition) is 4. The van der Waals surface area contributed by atoms with Gasteiger partial charge in [-0.15, -0.1) is 0 Å². The van der Waals surface area contributed by atoms with Crippen molar-refractivity contribution in [3.63, 3.8) is 0 Å². The zero-order valence-electron chi connectivity index (χ0n) is 18.7. The van der Waals surface area contributed by atoms with Crippen molar-refractivity contribution >= 4 is 33.0 Å². The highest BCUT2D eigenvalue weighted by atomic mass is 32.2. The minimum Gasteiger partial charge on any atom is -0.378 e. The van der Waals surface area contributed by atoms with E-state index in [2.05, 4.69) is 0 Å². The van der Waals surface area contributed by atoms with Gasteiger partial charge in [-0.2, -0.15) is 0 Å². The molecular weight excluding hydrogens is 422 g/mol. The molecule has 0 fully saturated rings. The summed E-state index contributed by atoms with van der Waals surface area (Å²) in [6, 6.07) is 21.6. The average molecular weight is 450 g/mol. The Morgan fingerprint density at radius 2 is 1.50 bits per heavy atom. The van der Waals surface area contributed by atoms with Crippen LogP contribution in [0.5, 0.6) is 0 Å². The summed E-state index contributed by atoms with van der Waals surface area (Å²) in [5.74, 6) is -0.138. The number of sulfonamides is 1. The van der Waals surface area contributed by atoms with Crippen molar-refractivity contribution in [2.45, 2.75) is 31.3 Å². The van der Waals surface area contributed by atoms with E-state index in [0.717, 1.165) is 16.8 Å². The van der Waals surface area contributed by atoms with Crippen LogP contribution in [0.4, 0.5) is 17.1 Å². The van der Waals surface area contributed by atoms with Gasteiger partial charge in [-0.05, 0) is 48.9 Å². The van der Waals surface area contributed by atoms with Crippen molar-refractivity contribution in [1.29, 1.82) is 0 Å². The molecule has 1 amide bonds. The molecule has 3 aromatic rings. The number of benzene rings is 3. The predicted molar refractivity (Wildman–Crippen MR) is 129 cm³/mol. The van der Waals surface area contributed by atoms with Gasteiger partial charge in [-0.25, -0.2) is 12.7 Å². The number of fused-ring (bicyclic) bond motifs is 1. The van der Waals surface area contributed by atoms with Gasteiger partial charge in [-0.1, -0.05) is 48.9 Å². The number of anilines is 3. The molecule has 1 heterocycles. The zero-order chi connectivity index (χ0) is 23.0. The van der Waals surface area contributed by atoms with Crippen LogP contribution < -0.4 is 14.1 Å². The van der Waals surface area contributed by atoms with Crippen LogP contribution in [0.15, 0.2) is 77.7 Å². The highest BCUT2D eigenvalue weighted by molar-refractivity contribution is 7.92. The molecule has 32 heavy (non-hydrogen) atoms. The minimum atomic E-state index is -3.94. The third-order valence-corrected chi connectivity index (χ3v) is 7.48. The molecule has 0 aromatic heterocycles. The number of hydrogen-bond donors (Lipinski definition) is 0. The molecule has 0 spiro atoms. The topological polar surface area (TPSA) is 60.9 Å². The summed E-state index contributed by atoms with van der Waals surface area (Å²) < 4.78 is 29.2. The number of nitrogens with zero attached hydrogens (tertiary/aromatic N) is 3. The largest absolute Gasteiger partial charge is 0.378 e. The molecule has 1 unspecified atom stereocenters. The second-order valence-corrected chi connectivity index (χ2v) is 9.89. The molecule has 6 nitrogen and oxygen atoms in total. The number of aryl methyl sites for hydroxylation is 1. The number of para-hydroxylation sites is 2. The maximum atomic E-state index is 13.9. The quantitative estimate of drug-likeness (QED) is 0.566. The number of carbonyl (C=O) groups is 1. The van der Waals surface area contributed by atoms with Gasteiger partial charge < -0.3 is 4.90 Å². The first-order chi connectivity index (χ1) is 15.3. The first-order valence-electron chi connectivity index (χ1n) is 10.5. The van der Waals surface area contributed by atoms with Crippen LogP contribution in [0.3, 0.4) is 0 Å². The first-order valence-corrected chi connectivity index (χ1v) is 12.0. The van der Waals surface area contributed by atoms with Crippen molar-refractivity contribution < 1.29 is 13.2 Å². The smallest absolute Gasteiger partial charge is 0.266 e. The van der Waals surface area contributed by atoms with Gasteiger partial charge in [0, 0.05) is 26.2 Å². The molecule has 0 saturated carbocycles. The van der Waals surface area contributed by atoms with E-state index in [0.29, 0.717) is 11.4 Å². The predicted octanol–water partition coefficient (Wildman–Crippen LogP) is 4.71. The fraction of sp³-hybridized carbons (Fsp3) is 0.240. The third kappa shape index (κ3) is 3.62. The molecule has 0 N–H and O–H groups in total. The summed E-state index contributed by atoms with van der Waals surface area (Å²) in [7, 11) is -0.0464. The van der Waals surface area contributed by atoms with Crippen molar-refractivity contribution in [3.8, 4) is 0 Å². The van der Waals surface area contributed by atoms with Gasteiger partial charge in [0.15, 0.2) is 0 Å². The van der Waals surface area contributed by atoms with Crippen LogP contribution in [0.1, 0.15) is 30.6 Å². The van der Waals surface area contributed by atoms with E-state index in [1.54, 1.807) is 54.3 Å². The van der Waals surface area contributed by atoms with E-state index >= 15 is 0 Å². The van der Waals surface area contributed by atoms with E-state index < -0.39 is 16.2 Å². The molecular formula is C25H27N3O3S. The van der Waals surface area contributed by atoms with Crippen LogP contribution in [-0.4, -0.2) is 28.4 Å². The molecule has 0 bridgehead atoms. The monoisotopic (exact) mass is 449 g/mol. The van der Waals surface area contributed by atoms with E-state index in [1.165, 1.54) is 4.31 Å². The lowest BCUT2D eigenvalue weighted by Gasteiger charge is -2.32. The molecule has 3 aromatic carbocycles. The Bertz CT molecular complexity index is 1240. The van der Waals surface area contributed by atoms with E-state index in [4.69, 9.17) is 0 Å². The van der Waals surface area contributed by atoms with Gasteiger partial charge in [0.1, 0.15) is 6.17 Å². The molecule has 0 saturated heterocycles.